The third-order valence-electron chi connectivity index (χ3n) is 1.80. The summed E-state index contributed by atoms with van der Waals surface area (Å²) in [6.45, 7) is 1.69. The van der Waals surface area contributed by atoms with Crippen LogP contribution in [0.5, 0.6) is 0 Å². The van der Waals surface area contributed by atoms with E-state index in [9.17, 15) is 8.78 Å². The molecule has 2 aromatic rings. The summed E-state index contributed by atoms with van der Waals surface area (Å²) in [4.78, 5) is 5.94. The molecule has 0 aliphatic carbocycles. The molecule has 0 spiro atoms. The minimum atomic E-state index is -0.667. The molecule has 2 nitrogen and oxygen atoms in total. The van der Waals surface area contributed by atoms with Gasteiger partial charge in [-0.3, -0.25) is 0 Å². The number of hydrogen-bond acceptors (Lipinski definition) is 1. The van der Waals surface area contributed by atoms with Crippen molar-refractivity contribution >= 4 is 10.9 Å². The maximum absolute atomic E-state index is 13.0. The number of aryl methyl sites for hydroxylation is 1. The Morgan fingerprint density at radius 2 is 2.17 bits per heavy atom. The van der Waals surface area contributed by atoms with E-state index < -0.39 is 11.8 Å². The summed E-state index contributed by atoms with van der Waals surface area (Å²) in [5, 5.41) is 0.280. The number of nitrogens with one attached hydrogen (secondary N) is 1. The van der Waals surface area contributed by atoms with Crippen molar-refractivity contribution in [3.8, 4) is 0 Å². The van der Waals surface area contributed by atoms with Crippen molar-refractivity contribution in [2.24, 2.45) is 0 Å². The summed E-state index contributed by atoms with van der Waals surface area (Å²) in [6.07, 6.45) is 2.44. The Kier molecular flexibility index (Phi) is 1.36. The number of H-pyrrole nitrogens is 1. The molecule has 1 N–H and O–H groups in total. The highest BCUT2D eigenvalue weighted by Crippen LogP contribution is 2.21. The minimum absolute atomic E-state index is 0.132. The summed E-state index contributed by atoms with van der Waals surface area (Å²) in [6, 6.07) is 0. The fraction of sp³-hybridized carbons (Fsp3) is 0.125. The van der Waals surface area contributed by atoms with Gasteiger partial charge in [0.1, 0.15) is 11.3 Å². The van der Waals surface area contributed by atoms with Crippen molar-refractivity contribution in [2.75, 3.05) is 0 Å². The predicted octanol–water partition coefficient (Wildman–Crippen LogP) is 2.15. The third-order valence-corrected chi connectivity index (χ3v) is 1.80. The summed E-state index contributed by atoms with van der Waals surface area (Å²) in [5.74, 6) is -1.11. The highest BCUT2D eigenvalue weighted by atomic mass is 19.1. The molecular formula is C8H6F2N2. The quantitative estimate of drug-likeness (QED) is 0.600. The molecule has 0 aliphatic heterocycles. The van der Waals surface area contributed by atoms with E-state index in [1.165, 1.54) is 6.20 Å². The highest BCUT2D eigenvalue weighted by molar-refractivity contribution is 5.82. The van der Waals surface area contributed by atoms with Gasteiger partial charge in [0, 0.05) is 17.8 Å². The second-order valence-corrected chi connectivity index (χ2v) is 2.62. The van der Waals surface area contributed by atoms with Gasteiger partial charge in [-0.2, -0.15) is 4.39 Å². The maximum Gasteiger partial charge on any atom is 0.237 e. The van der Waals surface area contributed by atoms with Crippen LogP contribution < -0.4 is 0 Å². The smallest absolute Gasteiger partial charge is 0.237 e. The van der Waals surface area contributed by atoms with Gasteiger partial charge in [0.25, 0.3) is 0 Å². The van der Waals surface area contributed by atoms with Gasteiger partial charge in [0.05, 0.1) is 0 Å². The molecule has 0 amide bonds. The van der Waals surface area contributed by atoms with Crippen LogP contribution in [0, 0.1) is 18.7 Å². The first kappa shape index (κ1) is 7.21. The molecule has 12 heavy (non-hydrogen) atoms. The van der Waals surface area contributed by atoms with Gasteiger partial charge in [-0.1, -0.05) is 0 Å². The van der Waals surface area contributed by atoms with Gasteiger partial charge in [0.2, 0.25) is 5.95 Å². The van der Waals surface area contributed by atoms with Crippen LogP contribution in [-0.2, 0) is 0 Å². The van der Waals surface area contributed by atoms with E-state index in [0.717, 1.165) is 6.20 Å². The van der Waals surface area contributed by atoms with Crippen molar-refractivity contribution in [1.29, 1.82) is 0 Å². The molecule has 2 rings (SSSR count). The van der Waals surface area contributed by atoms with E-state index in [-0.39, 0.29) is 10.9 Å². The van der Waals surface area contributed by atoms with Crippen LogP contribution in [0.25, 0.3) is 10.9 Å². The van der Waals surface area contributed by atoms with Gasteiger partial charge in [-0.05, 0) is 12.5 Å². The summed E-state index contributed by atoms with van der Waals surface area (Å²) in [5.41, 5.74) is 0.762. The van der Waals surface area contributed by atoms with Crippen molar-refractivity contribution in [2.45, 2.75) is 6.92 Å². The lowest BCUT2D eigenvalue weighted by atomic mass is 10.2. The second kappa shape index (κ2) is 2.27. The standard InChI is InChI=1S/C8H6F2N2/c1-4-2-12-8(10)7-6(4)5(9)3-11-7/h2-3,11H,1H3. The Morgan fingerprint density at radius 3 is 2.83 bits per heavy atom. The van der Waals surface area contributed by atoms with Crippen LogP contribution in [0.2, 0.25) is 0 Å². The van der Waals surface area contributed by atoms with E-state index in [0.29, 0.717) is 5.56 Å². The summed E-state index contributed by atoms with van der Waals surface area (Å²) >= 11 is 0. The molecule has 2 heterocycles. The van der Waals surface area contributed by atoms with E-state index in [1.807, 2.05) is 0 Å². The van der Waals surface area contributed by atoms with Crippen molar-refractivity contribution in [3.05, 3.63) is 29.7 Å². The van der Waals surface area contributed by atoms with Crippen LogP contribution in [-0.4, -0.2) is 9.97 Å². The summed E-state index contributed by atoms with van der Waals surface area (Å²) in [7, 11) is 0. The number of hydrogen-bond donors (Lipinski definition) is 1. The Bertz CT molecular complexity index is 434. The van der Waals surface area contributed by atoms with E-state index in [4.69, 9.17) is 0 Å². The van der Waals surface area contributed by atoms with Gasteiger partial charge in [0.15, 0.2) is 0 Å². The molecule has 0 radical (unpaired) electrons. The fourth-order valence-electron chi connectivity index (χ4n) is 1.23. The van der Waals surface area contributed by atoms with Crippen LogP contribution >= 0.6 is 0 Å². The zero-order valence-electron chi connectivity index (χ0n) is 6.36. The van der Waals surface area contributed by atoms with Gasteiger partial charge < -0.3 is 4.98 Å². The normalized spacial score (nSPS) is 10.9. The molecule has 0 saturated heterocycles. The first-order valence-corrected chi connectivity index (χ1v) is 3.48. The lowest BCUT2D eigenvalue weighted by molar-refractivity contribution is 0.593. The van der Waals surface area contributed by atoms with Crippen LogP contribution in [0.1, 0.15) is 5.56 Å². The Morgan fingerprint density at radius 1 is 1.42 bits per heavy atom. The minimum Gasteiger partial charge on any atom is -0.355 e. The Balaban J connectivity index is 2.98. The number of fused-ring (bicyclic) bond motifs is 1. The largest absolute Gasteiger partial charge is 0.355 e. The zero-order valence-corrected chi connectivity index (χ0v) is 6.36. The molecule has 0 bridgehead atoms. The third kappa shape index (κ3) is 0.809. The van der Waals surface area contributed by atoms with E-state index in [2.05, 4.69) is 9.97 Å². The number of pyridine rings is 1. The predicted molar refractivity (Wildman–Crippen MR) is 40.7 cm³/mol. The van der Waals surface area contributed by atoms with Crippen molar-refractivity contribution in [1.82, 2.24) is 9.97 Å². The SMILES string of the molecule is Cc1cnc(F)c2[nH]cc(F)c12. The molecule has 0 aromatic carbocycles. The molecular weight excluding hydrogens is 162 g/mol. The maximum atomic E-state index is 13.0. The van der Waals surface area contributed by atoms with Crippen molar-refractivity contribution < 1.29 is 8.78 Å². The zero-order chi connectivity index (χ0) is 8.72. The van der Waals surface area contributed by atoms with Crippen LogP contribution in [0.15, 0.2) is 12.4 Å². The van der Waals surface area contributed by atoms with Gasteiger partial charge >= 0.3 is 0 Å². The Labute approximate surface area is 67.2 Å². The molecule has 0 unspecified atom stereocenters. The van der Waals surface area contributed by atoms with Crippen LogP contribution in [0.3, 0.4) is 0 Å². The molecule has 0 aliphatic rings. The van der Waals surface area contributed by atoms with Crippen LogP contribution in [0.4, 0.5) is 8.78 Å². The highest BCUT2D eigenvalue weighted by Gasteiger charge is 2.10. The molecule has 0 atom stereocenters. The summed E-state index contributed by atoms with van der Waals surface area (Å²) < 4.78 is 25.8. The Hall–Kier alpha value is -1.45. The first-order chi connectivity index (χ1) is 5.70. The van der Waals surface area contributed by atoms with E-state index in [1.54, 1.807) is 6.92 Å². The van der Waals surface area contributed by atoms with E-state index >= 15 is 0 Å². The van der Waals surface area contributed by atoms with Crippen molar-refractivity contribution in [3.63, 3.8) is 0 Å². The molecule has 62 valence electrons. The number of aromatic nitrogens is 2. The molecule has 0 fully saturated rings. The first-order valence-electron chi connectivity index (χ1n) is 3.48. The van der Waals surface area contributed by atoms with Gasteiger partial charge in [-0.15, -0.1) is 0 Å². The average Bonchev–Trinajstić information content (AvgIpc) is 2.42. The number of rotatable bonds is 0. The lowest BCUT2D eigenvalue weighted by Gasteiger charge is -1.95. The molecule has 0 saturated carbocycles. The lowest BCUT2D eigenvalue weighted by Crippen LogP contribution is -1.86. The topological polar surface area (TPSA) is 28.7 Å². The van der Waals surface area contributed by atoms with Gasteiger partial charge in [-0.25, -0.2) is 9.37 Å². The number of nitrogens with zero attached hydrogens (tertiary/aromatic N) is 1. The average molecular weight is 168 g/mol. The number of aromatic amines is 1. The molecule has 4 heteroatoms. The fourth-order valence-corrected chi connectivity index (χ4v) is 1.23. The molecule has 2 aromatic heterocycles. The second-order valence-electron chi connectivity index (χ2n) is 2.62. The number of halogens is 2. The monoisotopic (exact) mass is 168 g/mol.